The summed E-state index contributed by atoms with van der Waals surface area (Å²) < 4.78 is 25.8. The molecule has 232 valence electrons. The highest BCUT2D eigenvalue weighted by molar-refractivity contribution is 5.96. The highest BCUT2D eigenvalue weighted by Gasteiger charge is 2.51. The van der Waals surface area contributed by atoms with Crippen molar-refractivity contribution in [2.24, 2.45) is 5.92 Å². The molecule has 0 bridgehead atoms. The van der Waals surface area contributed by atoms with Gasteiger partial charge in [0, 0.05) is 30.6 Å². The summed E-state index contributed by atoms with van der Waals surface area (Å²) in [6.07, 6.45) is 5.48. The number of hydrogen-bond acceptors (Lipinski definition) is 7. The Morgan fingerprint density at radius 3 is 2.63 bits per heavy atom. The van der Waals surface area contributed by atoms with Gasteiger partial charge in [-0.2, -0.15) is 0 Å². The predicted molar refractivity (Wildman–Crippen MR) is 157 cm³/mol. The van der Waals surface area contributed by atoms with E-state index in [0.717, 1.165) is 19.3 Å². The van der Waals surface area contributed by atoms with E-state index < -0.39 is 30.1 Å². The average Bonchev–Trinajstić information content (AvgIpc) is 3.68. The van der Waals surface area contributed by atoms with Crippen LogP contribution in [-0.4, -0.2) is 77.1 Å². The van der Waals surface area contributed by atoms with Gasteiger partial charge in [-0.05, 0) is 60.2 Å². The molecule has 1 fully saturated rings. The van der Waals surface area contributed by atoms with Crippen molar-refractivity contribution in [1.82, 2.24) is 10.2 Å². The lowest BCUT2D eigenvalue weighted by molar-refractivity contribution is -0.137. The third-order valence-electron chi connectivity index (χ3n) is 8.95. The first-order chi connectivity index (χ1) is 20.8. The van der Waals surface area contributed by atoms with E-state index in [1.165, 1.54) is 32.1 Å². The Balaban J connectivity index is 1.51. The Morgan fingerprint density at radius 1 is 1.14 bits per heavy atom. The summed E-state index contributed by atoms with van der Waals surface area (Å²) in [5.41, 5.74) is 2.16. The molecule has 2 amide bonds. The number of aliphatic hydroxyl groups excluding tert-OH is 3. The van der Waals surface area contributed by atoms with Crippen molar-refractivity contribution >= 4 is 11.8 Å². The summed E-state index contributed by atoms with van der Waals surface area (Å²) in [6, 6.07) is 8.70. The van der Waals surface area contributed by atoms with E-state index >= 15 is 0 Å². The van der Waals surface area contributed by atoms with Crippen molar-refractivity contribution in [2.75, 3.05) is 26.8 Å². The van der Waals surface area contributed by atoms with Gasteiger partial charge in [0.2, 0.25) is 11.8 Å². The molecule has 1 heterocycles. The number of carbonyl (C=O) groups excluding carboxylic acids is 2. The number of ether oxygens (including phenoxy) is 2. The van der Waals surface area contributed by atoms with Crippen molar-refractivity contribution in [3.8, 4) is 11.5 Å². The number of aliphatic hydroxyl groups is 3. The minimum absolute atomic E-state index is 0.0259. The van der Waals surface area contributed by atoms with E-state index in [4.69, 9.17) is 9.47 Å². The van der Waals surface area contributed by atoms with Crippen LogP contribution in [0, 0.1) is 11.7 Å². The molecule has 4 N–H and O–H groups in total. The molecule has 0 saturated heterocycles. The zero-order valence-electron chi connectivity index (χ0n) is 24.5. The lowest BCUT2D eigenvalue weighted by Crippen LogP contribution is -2.56. The number of nitrogens with zero attached hydrogens (tertiary/aromatic N) is 1. The van der Waals surface area contributed by atoms with Crippen LogP contribution < -0.4 is 14.8 Å². The highest BCUT2D eigenvalue weighted by Crippen LogP contribution is 2.51. The predicted octanol–water partition coefficient (Wildman–Crippen LogP) is 2.99. The Hall–Kier alpha value is -3.47. The topological polar surface area (TPSA) is 129 Å². The van der Waals surface area contributed by atoms with Crippen LogP contribution in [0.5, 0.6) is 11.5 Å². The van der Waals surface area contributed by atoms with Gasteiger partial charge in [0.05, 0.1) is 32.3 Å². The van der Waals surface area contributed by atoms with Gasteiger partial charge in [-0.3, -0.25) is 9.59 Å². The second kappa shape index (κ2) is 13.9. The smallest absolute Gasteiger partial charge is 0.247 e. The molecule has 2 aromatic carbocycles. The van der Waals surface area contributed by atoms with E-state index in [1.807, 2.05) is 0 Å². The fourth-order valence-corrected chi connectivity index (χ4v) is 6.77. The number of rotatable bonds is 12. The van der Waals surface area contributed by atoms with Crippen LogP contribution in [0.3, 0.4) is 0 Å². The molecule has 10 heteroatoms. The fourth-order valence-electron chi connectivity index (χ4n) is 6.77. The minimum Gasteiger partial charge on any atom is -0.493 e. The van der Waals surface area contributed by atoms with Gasteiger partial charge in [0.1, 0.15) is 18.0 Å². The monoisotopic (exact) mass is 596 g/mol. The number of carbonyl (C=O) groups is 2. The number of benzene rings is 2. The normalized spacial score (nSPS) is 22.8. The second-order valence-electron chi connectivity index (χ2n) is 11.7. The SMILES string of the molecule is COc1cc(CO)cc2c1OC1C2C(C(=O)NCCO)=CC(N(CCc2cccc(F)c2)C(=O)CCC2CCCC2)C1O. The van der Waals surface area contributed by atoms with Crippen molar-refractivity contribution in [3.05, 3.63) is 70.6 Å². The minimum atomic E-state index is -1.20. The van der Waals surface area contributed by atoms with Gasteiger partial charge >= 0.3 is 0 Å². The number of hydrogen-bond donors (Lipinski definition) is 4. The van der Waals surface area contributed by atoms with Crippen LogP contribution in [0.4, 0.5) is 4.39 Å². The Morgan fingerprint density at radius 2 is 1.93 bits per heavy atom. The maximum atomic E-state index is 14.0. The first-order valence-electron chi connectivity index (χ1n) is 15.2. The van der Waals surface area contributed by atoms with E-state index in [2.05, 4.69) is 5.32 Å². The van der Waals surface area contributed by atoms with Gasteiger partial charge in [-0.1, -0.05) is 37.8 Å². The number of methoxy groups -OCH3 is 1. The molecule has 5 rings (SSSR count). The molecule has 0 aromatic heterocycles. The summed E-state index contributed by atoms with van der Waals surface area (Å²) in [4.78, 5) is 29.0. The van der Waals surface area contributed by atoms with Crippen LogP contribution in [-0.2, 0) is 22.6 Å². The number of halogens is 1. The van der Waals surface area contributed by atoms with Gasteiger partial charge in [-0.25, -0.2) is 4.39 Å². The van der Waals surface area contributed by atoms with Gasteiger partial charge in [0.25, 0.3) is 0 Å². The van der Waals surface area contributed by atoms with E-state index in [1.54, 1.807) is 35.2 Å². The largest absolute Gasteiger partial charge is 0.493 e. The molecule has 43 heavy (non-hydrogen) atoms. The standard InChI is InChI=1S/C33H41FN2O7/c1-42-27-17-22(19-38)16-24-29-25(33(41)35-12-14-37)18-26(30(40)32(29)43-31(24)27)36(13-11-21-7-4-8-23(34)15-21)28(39)10-9-20-5-2-3-6-20/h4,7-8,15-18,20,26,29-30,32,37-38,40H,2-3,5-6,9-14,19H2,1H3,(H,35,41). The molecule has 4 unspecified atom stereocenters. The lowest BCUT2D eigenvalue weighted by Gasteiger charge is -2.41. The lowest BCUT2D eigenvalue weighted by atomic mass is 9.77. The summed E-state index contributed by atoms with van der Waals surface area (Å²) >= 11 is 0. The molecule has 2 aromatic rings. The van der Waals surface area contributed by atoms with E-state index in [-0.39, 0.29) is 38.0 Å². The summed E-state index contributed by atoms with van der Waals surface area (Å²) in [6.45, 7) is -0.281. The van der Waals surface area contributed by atoms with Gasteiger partial charge in [0.15, 0.2) is 11.5 Å². The first-order valence-corrected chi connectivity index (χ1v) is 15.2. The molecule has 0 radical (unpaired) electrons. The van der Waals surface area contributed by atoms with Crippen molar-refractivity contribution in [3.63, 3.8) is 0 Å². The maximum absolute atomic E-state index is 14.0. The molecule has 0 spiro atoms. The Labute approximate surface area is 251 Å². The zero-order chi connectivity index (χ0) is 30.5. The molecular formula is C33H41FN2O7. The van der Waals surface area contributed by atoms with Crippen LogP contribution in [0.25, 0.3) is 0 Å². The molecule has 9 nitrogen and oxygen atoms in total. The molecule has 1 saturated carbocycles. The van der Waals surface area contributed by atoms with Crippen molar-refractivity contribution in [2.45, 2.75) is 75.7 Å². The van der Waals surface area contributed by atoms with Crippen LogP contribution in [0.15, 0.2) is 48.0 Å². The van der Waals surface area contributed by atoms with Crippen LogP contribution in [0.1, 0.15) is 61.1 Å². The summed E-state index contributed by atoms with van der Waals surface area (Å²) in [7, 11) is 1.48. The van der Waals surface area contributed by atoms with E-state index in [0.29, 0.717) is 52.5 Å². The van der Waals surface area contributed by atoms with Gasteiger partial charge in [-0.15, -0.1) is 0 Å². The molecule has 1 aliphatic heterocycles. The third-order valence-corrected chi connectivity index (χ3v) is 8.95. The summed E-state index contributed by atoms with van der Waals surface area (Å²) in [5.74, 6) is -0.431. The molecule has 4 atom stereocenters. The van der Waals surface area contributed by atoms with Crippen molar-refractivity contribution < 1.29 is 38.8 Å². The fraction of sp³-hybridized carbons (Fsp3) is 0.515. The highest BCUT2D eigenvalue weighted by atomic mass is 19.1. The third kappa shape index (κ3) is 6.71. The first kappa shape index (κ1) is 31.0. The molecule has 2 aliphatic carbocycles. The van der Waals surface area contributed by atoms with E-state index in [9.17, 15) is 29.3 Å². The average molecular weight is 597 g/mol. The molecule has 3 aliphatic rings. The Kier molecular flexibility index (Phi) is 10.00. The second-order valence-corrected chi connectivity index (χ2v) is 11.7. The molecular weight excluding hydrogens is 555 g/mol. The Bertz CT molecular complexity index is 1340. The summed E-state index contributed by atoms with van der Waals surface area (Å²) in [5, 5.41) is 33.8. The van der Waals surface area contributed by atoms with Gasteiger partial charge < -0.3 is 35.0 Å². The quantitative estimate of drug-likeness (QED) is 0.297. The van der Waals surface area contributed by atoms with Crippen LogP contribution >= 0.6 is 0 Å². The van der Waals surface area contributed by atoms with Crippen LogP contribution in [0.2, 0.25) is 0 Å². The maximum Gasteiger partial charge on any atom is 0.247 e. The zero-order valence-corrected chi connectivity index (χ0v) is 24.5. The number of amides is 2. The number of nitrogens with one attached hydrogen (secondary N) is 1. The number of fused-ring (bicyclic) bond motifs is 3. The van der Waals surface area contributed by atoms with Crippen molar-refractivity contribution in [1.29, 1.82) is 0 Å².